The minimum Gasteiger partial charge on any atom is -0.472 e. The molecule has 0 radical (unpaired) electrons. The van der Waals surface area contributed by atoms with E-state index in [1.54, 1.807) is 6.26 Å². The zero-order chi connectivity index (χ0) is 9.86. The Bertz CT molecular complexity index is 262. The van der Waals surface area contributed by atoms with E-state index in [-0.39, 0.29) is 0 Å². The number of rotatable bonds is 5. The van der Waals surface area contributed by atoms with E-state index < -0.39 is 0 Å². The van der Waals surface area contributed by atoms with Crippen LogP contribution in [0.5, 0.6) is 0 Å². The predicted molar refractivity (Wildman–Crippen MR) is 57.2 cm³/mol. The Morgan fingerprint density at radius 2 is 2.36 bits per heavy atom. The van der Waals surface area contributed by atoms with Gasteiger partial charge in [-0.15, -0.1) is 0 Å². The Balaban J connectivity index is 1.92. The molecule has 0 aliphatic heterocycles. The average molecular weight is 193 g/mol. The molecule has 1 aliphatic rings. The molecule has 1 fully saturated rings. The summed E-state index contributed by atoms with van der Waals surface area (Å²) in [4.78, 5) is 0. The van der Waals surface area contributed by atoms with Gasteiger partial charge in [0.05, 0.1) is 12.5 Å². The zero-order valence-electron chi connectivity index (χ0n) is 8.88. The molecule has 1 saturated carbocycles. The smallest absolute Gasteiger partial charge is 0.0934 e. The summed E-state index contributed by atoms with van der Waals surface area (Å²) in [7, 11) is 0. The first-order chi connectivity index (χ1) is 6.85. The van der Waals surface area contributed by atoms with Gasteiger partial charge in [0, 0.05) is 6.54 Å². The van der Waals surface area contributed by atoms with E-state index in [2.05, 4.69) is 18.3 Å². The first-order valence-corrected chi connectivity index (χ1v) is 5.56. The molecule has 0 unspecified atom stereocenters. The van der Waals surface area contributed by atoms with E-state index in [0.29, 0.717) is 5.41 Å². The van der Waals surface area contributed by atoms with Crippen LogP contribution in [0.3, 0.4) is 0 Å². The molecule has 14 heavy (non-hydrogen) atoms. The summed E-state index contributed by atoms with van der Waals surface area (Å²) >= 11 is 0. The van der Waals surface area contributed by atoms with Crippen molar-refractivity contribution in [3.8, 4) is 0 Å². The Hall–Kier alpha value is -0.760. The maximum Gasteiger partial charge on any atom is 0.0934 e. The lowest BCUT2D eigenvalue weighted by Crippen LogP contribution is -2.41. The largest absolute Gasteiger partial charge is 0.472 e. The van der Waals surface area contributed by atoms with Crippen molar-refractivity contribution in [3.05, 3.63) is 24.2 Å². The van der Waals surface area contributed by atoms with Crippen molar-refractivity contribution in [3.63, 3.8) is 0 Å². The monoisotopic (exact) mass is 193 g/mol. The van der Waals surface area contributed by atoms with Gasteiger partial charge in [0.2, 0.25) is 0 Å². The Labute approximate surface area is 85.7 Å². The second-order valence-electron chi connectivity index (χ2n) is 4.44. The van der Waals surface area contributed by atoms with Gasteiger partial charge in [-0.05, 0) is 42.9 Å². The van der Waals surface area contributed by atoms with Gasteiger partial charge < -0.3 is 9.73 Å². The molecule has 1 heterocycles. The third-order valence-corrected chi connectivity index (χ3v) is 3.32. The average Bonchev–Trinajstić information content (AvgIpc) is 2.62. The van der Waals surface area contributed by atoms with Crippen molar-refractivity contribution in [2.75, 3.05) is 13.1 Å². The van der Waals surface area contributed by atoms with Gasteiger partial charge in [-0.1, -0.05) is 13.3 Å². The lowest BCUT2D eigenvalue weighted by atomic mass is 9.65. The standard InChI is InChI=1S/C12H19NO/c1-2-13-10-12(5-3-6-12)8-11-4-7-14-9-11/h4,7,9,13H,2-3,5-6,8,10H2,1H3. The third kappa shape index (κ3) is 2.01. The van der Waals surface area contributed by atoms with Crippen molar-refractivity contribution >= 4 is 0 Å². The van der Waals surface area contributed by atoms with E-state index >= 15 is 0 Å². The van der Waals surface area contributed by atoms with Gasteiger partial charge in [-0.3, -0.25) is 0 Å². The fourth-order valence-electron chi connectivity index (χ4n) is 2.31. The summed E-state index contributed by atoms with van der Waals surface area (Å²) in [5, 5.41) is 3.47. The van der Waals surface area contributed by atoms with Crippen molar-refractivity contribution in [2.24, 2.45) is 5.41 Å². The molecular weight excluding hydrogens is 174 g/mol. The van der Waals surface area contributed by atoms with Gasteiger partial charge in [0.1, 0.15) is 0 Å². The molecule has 1 aromatic rings. The SMILES string of the molecule is CCNCC1(Cc2ccoc2)CCC1. The lowest BCUT2D eigenvalue weighted by Gasteiger charge is -2.42. The Morgan fingerprint density at radius 3 is 2.86 bits per heavy atom. The van der Waals surface area contributed by atoms with Crippen LogP contribution < -0.4 is 5.32 Å². The third-order valence-electron chi connectivity index (χ3n) is 3.32. The van der Waals surface area contributed by atoms with Crippen LogP contribution in [-0.4, -0.2) is 13.1 Å². The molecule has 0 aromatic carbocycles. The van der Waals surface area contributed by atoms with Crippen LogP contribution in [0, 0.1) is 5.41 Å². The molecule has 0 amide bonds. The first kappa shape index (κ1) is 9.78. The van der Waals surface area contributed by atoms with Crippen LogP contribution in [0.2, 0.25) is 0 Å². The van der Waals surface area contributed by atoms with Crippen LogP contribution in [0.1, 0.15) is 31.7 Å². The van der Waals surface area contributed by atoms with Crippen LogP contribution in [0.4, 0.5) is 0 Å². The number of hydrogen-bond acceptors (Lipinski definition) is 2. The van der Waals surface area contributed by atoms with Gasteiger partial charge in [-0.25, -0.2) is 0 Å². The van der Waals surface area contributed by atoms with Gasteiger partial charge in [-0.2, -0.15) is 0 Å². The zero-order valence-corrected chi connectivity index (χ0v) is 8.88. The highest BCUT2D eigenvalue weighted by molar-refractivity contribution is 5.10. The summed E-state index contributed by atoms with van der Waals surface area (Å²) < 4.78 is 5.11. The van der Waals surface area contributed by atoms with Gasteiger partial charge in [0.15, 0.2) is 0 Å². The van der Waals surface area contributed by atoms with Crippen LogP contribution in [0.25, 0.3) is 0 Å². The summed E-state index contributed by atoms with van der Waals surface area (Å²) in [6.07, 6.45) is 8.96. The van der Waals surface area contributed by atoms with Crippen molar-refractivity contribution < 1.29 is 4.42 Å². The Kier molecular flexibility index (Phi) is 2.92. The Morgan fingerprint density at radius 1 is 1.50 bits per heavy atom. The molecular formula is C12H19NO. The lowest BCUT2D eigenvalue weighted by molar-refractivity contribution is 0.131. The van der Waals surface area contributed by atoms with E-state index in [4.69, 9.17) is 4.42 Å². The molecule has 2 nitrogen and oxygen atoms in total. The summed E-state index contributed by atoms with van der Waals surface area (Å²) in [5.74, 6) is 0. The minimum absolute atomic E-state index is 0.528. The fourth-order valence-corrected chi connectivity index (χ4v) is 2.31. The molecule has 78 valence electrons. The van der Waals surface area contributed by atoms with Crippen molar-refractivity contribution in [2.45, 2.75) is 32.6 Å². The second-order valence-corrected chi connectivity index (χ2v) is 4.44. The first-order valence-electron chi connectivity index (χ1n) is 5.56. The van der Waals surface area contributed by atoms with Crippen LogP contribution in [-0.2, 0) is 6.42 Å². The van der Waals surface area contributed by atoms with E-state index in [1.165, 1.54) is 31.2 Å². The molecule has 2 heteroatoms. The molecule has 1 N–H and O–H groups in total. The second kappa shape index (κ2) is 4.18. The highest BCUT2D eigenvalue weighted by Gasteiger charge is 2.36. The number of hydrogen-bond donors (Lipinski definition) is 1. The highest BCUT2D eigenvalue weighted by atomic mass is 16.3. The summed E-state index contributed by atoms with van der Waals surface area (Å²) in [6.45, 7) is 4.41. The van der Waals surface area contributed by atoms with E-state index in [0.717, 1.165) is 13.1 Å². The van der Waals surface area contributed by atoms with E-state index in [1.807, 2.05) is 6.26 Å². The fraction of sp³-hybridized carbons (Fsp3) is 0.667. The molecule has 0 atom stereocenters. The van der Waals surface area contributed by atoms with Crippen molar-refractivity contribution in [1.82, 2.24) is 5.32 Å². The number of furan rings is 1. The minimum atomic E-state index is 0.528. The molecule has 0 bridgehead atoms. The highest BCUT2D eigenvalue weighted by Crippen LogP contribution is 2.43. The summed E-state index contributed by atoms with van der Waals surface area (Å²) in [6, 6.07) is 2.09. The van der Waals surface area contributed by atoms with Crippen LogP contribution >= 0.6 is 0 Å². The molecule has 0 spiro atoms. The maximum absolute atomic E-state index is 5.11. The molecule has 2 rings (SSSR count). The van der Waals surface area contributed by atoms with E-state index in [9.17, 15) is 0 Å². The number of nitrogens with one attached hydrogen (secondary N) is 1. The van der Waals surface area contributed by atoms with Gasteiger partial charge in [0.25, 0.3) is 0 Å². The van der Waals surface area contributed by atoms with Crippen LogP contribution in [0.15, 0.2) is 23.0 Å². The van der Waals surface area contributed by atoms with Gasteiger partial charge >= 0.3 is 0 Å². The predicted octanol–water partition coefficient (Wildman–Crippen LogP) is 2.60. The topological polar surface area (TPSA) is 25.2 Å². The molecule has 1 aliphatic carbocycles. The molecule has 0 saturated heterocycles. The normalized spacial score (nSPS) is 19.2. The maximum atomic E-state index is 5.11. The van der Waals surface area contributed by atoms with Crippen molar-refractivity contribution in [1.29, 1.82) is 0 Å². The molecule has 1 aromatic heterocycles. The summed E-state index contributed by atoms with van der Waals surface area (Å²) in [5.41, 5.74) is 1.88. The quantitative estimate of drug-likeness (QED) is 0.777.